The van der Waals surface area contributed by atoms with E-state index in [4.69, 9.17) is 11.7 Å². The zero-order valence-electron chi connectivity index (χ0n) is 5.70. The zero-order chi connectivity index (χ0) is 7.98. The van der Waals surface area contributed by atoms with Gasteiger partial charge in [0.25, 0.3) is 0 Å². The van der Waals surface area contributed by atoms with Gasteiger partial charge in [-0.15, -0.1) is 0 Å². The predicted octanol–water partition coefficient (Wildman–Crippen LogP) is -0.170. The Kier molecular flexibility index (Phi) is 4.25. The summed E-state index contributed by atoms with van der Waals surface area (Å²) < 4.78 is 4.27. The quantitative estimate of drug-likeness (QED) is 0.440. The third-order valence-corrected chi connectivity index (χ3v) is 0.932. The van der Waals surface area contributed by atoms with E-state index in [2.05, 4.69) is 9.58 Å². The molecule has 0 fully saturated rings. The number of ether oxygens (including phenoxy) is 1. The summed E-state index contributed by atoms with van der Waals surface area (Å²) >= 11 is 0. The SMILES string of the molecule is [C-]#[N+]CC(O)CC(=O)OC. The van der Waals surface area contributed by atoms with Gasteiger partial charge < -0.3 is 14.7 Å². The van der Waals surface area contributed by atoms with Crippen LogP contribution in [0, 0.1) is 6.57 Å². The van der Waals surface area contributed by atoms with Crippen LogP contribution in [0.25, 0.3) is 4.85 Å². The first-order chi connectivity index (χ1) is 4.70. The monoisotopic (exact) mass is 143 g/mol. The second-order valence-electron chi connectivity index (χ2n) is 1.77. The van der Waals surface area contributed by atoms with Crippen molar-refractivity contribution in [2.75, 3.05) is 13.7 Å². The molecule has 0 heterocycles. The standard InChI is InChI=1S/C6H9NO3/c1-7-4-5(8)3-6(9)10-2/h5,8H,3-4H2,2H3. The van der Waals surface area contributed by atoms with Gasteiger partial charge in [0.05, 0.1) is 13.5 Å². The fourth-order valence-corrected chi connectivity index (χ4v) is 0.446. The van der Waals surface area contributed by atoms with Crippen LogP contribution in [0.3, 0.4) is 0 Å². The molecule has 1 N–H and O–H groups in total. The van der Waals surface area contributed by atoms with Gasteiger partial charge in [-0.25, -0.2) is 6.57 Å². The average molecular weight is 143 g/mol. The molecule has 1 atom stereocenters. The van der Waals surface area contributed by atoms with Gasteiger partial charge in [-0.05, 0) is 0 Å². The Labute approximate surface area is 59.2 Å². The molecule has 56 valence electrons. The molecule has 0 aliphatic heterocycles. The van der Waals surface area contributed by atoms with Crippen LogP contribution in [-0.2, 0) is 9.53 Å². The minimum absolute atomic E-state index is 0.0465. The van der Waals surface area contributed by atoms with Crippen LogP contribution in [0.2, 0.25) is 0 Å². The molecule has 0 aliphatic carbocycles. The van der Waals surface area contributed by atoms with Gasteiger partial charge in [0.15, 0.2) is 0 Å². The van der Waals surface area contributed by atoms with Crippen LogP contribution in [-0.4, -0.2) is 30.8 Å². The summed E-state index contributed by atoms with van der Waals surface area (Å²) in [4.78, 5) is 13.3. The van der Waals surface area contributed by atoms with Crippen LogP contribution < -0.4 is 0 Å². The molecule has 0 radical (unpaired) electrons. The van der Waals surface area contributed by atoms with Crippen LogP contribution in [0.4, 0.5) is 0 Å². The summed E-state index contributed by atoms with van der Waals surface area (Å²) in [6.45, 7) is 6.30. The average Bonchev–Trinajstić information content (AvgIpc) is 1.88. The van der Waals surface area contributed by atoms with Crippen LogP contribution >= 0.6 is 0 Å². The van der Waals surface area contributed by atoms with Crippen molar-refractivity contribution in [2.24, 2.45) is 0 Å². The largest absolute Gasteiger partial charge is 0.469 e. The third kappa shape index (κ3) is 3.87. The molecule has 0 bridgehead atoms. The third-order valence-electron chi connectivity index (χ3n) is 0.932. The lowest BCUT2D eigenvalue weighted by molar-refractivity contribution is -0.142. The van der Waals surface area contributed by atoms with Crippen molar-refractivity contribution in [1.82, 2.24) is 0 Å². The molecular weight excluding hydrogens is 134 g/mol. The van der Waals surface area contributed by atoms with Crippen molar-refractivity contribution in [1.29, 1.82) is 0 Å². The lowest BCUT2D eigenvalue weighted by Gasteiger charge is -2.00. The zero-order valence-corrected chi connectivity index (χ0v) is 5.70. The van der Waals surface area contributed by atoms with Crippen molar-refractivity contribution in [3.8, 4) is 0 Å². The summed E-state index contributed by atoms with van der Waals surface area (Å²) in [5.41, 5.74) is 0. The molecule has 0 aliphatic rings. The predicted molar refractivity (Wildman–Crippen MR) is 34.1 cm³/mol. The molecule has 0 aromatic carbocycles. The van der Waals surface area contributed by atoms with Crippen LogP contribution in [0.15, 0.2) is 0 Å². The van der Waals surface area contributed by atoms with Crippen LogP contribution in [0.5, 0.6) is 0 Å². The van der Waals surface area contributed by atoms with E-state index in [-0.39, 0.29) is 13.0 Å². The maximum absolute atomic E-state index is 10.4. The maximum atomic E-state index is 10.4. The van der Waals surface area contributed by atoms with E-state index in [0.717, 1.165) is 0 Å². The van der Waals surface area contributed by atoms with Crippen molar-refractivity contribution in [3.63, 3.8) is 0 Å². The maximum Gasteiger partial charge on any atom is 0.308 e. The summed E-state index contributed by atoms with van der Waals surface area (Å²) in [5.74, 6) is -0.490. The van der Waals surface area contributed by atoms with Crippen LogP contribution in [0.1, 0.15) is 6.42 Å². The molecule has 4 nitrogen and oxygen atoms in total. The van der Waals surface area contributed by atoms with Gasteiger partial charge >= 0.3 is 5.97 Å². The first-order valence-electron chi connectivity index (χ1n) is 2.78. The normalized spacial score (nSPS) is 11.7. The fourth-order valence-electron chi connectivity index (χ4n) is 0.446. The molecule has 0 aromatic rings. The van der Waals surface area contributed by atoms with Gasteiger partial charge in [0.1, 0.15) is 6.10 Å². The van der Waals surface area contributed by atoms with Gasteiger partial charge in [-0.2, -0.15) is 0 Å². The lowest BCUT2D eigenvalue weighted by Crippen LogP contribution is -2.16. The number of hydrogen-bond donors (Lipinski definition) is 1. The first-order valence-corrected chi connectivity index (χ1v) is 2.78. The number of nitrogens with zero attached hydrogens (tertiary/aromatic N) is 1. The van der Waals surface area contributed by atoms with Gasteiger partial charge in [-0.1, -0.05) is 0 Å². The Morgan fingerprint density at radius 2 is 2.50 bits per heavy atom. The Morgan fingerprint density at radius 3 is 2.90 bits per heavy atom. The van der Waals surface area contributed by atoms with E-state index in [1.807, 2.05) is 0 Å². The lowest BCUT2D eigenvalue weighted by atomic mass is 10.2. The number of aliphatic hydroxyl groups is 1. The summed E-state index contributed by atoms with van der Waals surface area (Å²) in [7, 11) is 1.24. The van der Waals surface area contributed by atoms with E-state index in [0.29, 0.717) is 0 Å². The highest BCUT2D eigenvalue weighted by atomic mass is 16.5. The first kappa shape index (κ1) is 8.92. The van der Waals surface area contributed by atoms with Crippen molar-refractivity contribution in [3.05, 3.63) is 11.4 Å². The Hall–Kier alpha value is -1.08. The van der Waals surface area contributed by atoms with Crippen molar-refractivity contribution >= 4 is 5.97 Å². The second kappa shape index (κ2) is 4.77. The van der Waals surface area contributed by atoms with E-state index in [1.54, 1.807) is 0 Å². The number of carbonyl (C=O) groups excluding carboxylic acids is 1. The molecule has 0 rings (SSSR count). The van der Waals surface area contributed by atoms with Gasteiger partial charge in [-0.3, -0.25) is 4.79 Å². The molecule has 0 saturated carbocycles. The number of rotatable bonds is 3. The molecular formula is C6H9NO3. The number of carbonyl (C=O) groups is 1. The molecule has 0 saturated heterocycles. The minimum atomic E-state index is -0.884. The number of methoxy groups -OCH3 is 1. The fraction of sp³-hybridized carbons (Fsp3) is 0.667. The summed E-state index contributed by atoms with van der Waals surface area (Å²) in [6.07, 6.45) is -0.983. The minimum Gasteiger partial charge on any atom is -0.469 e. The van der Waals surface area contributed by atoms with Gasteiger partial charge in [0, 0.05) is 0 Å². The number of aliphatic hydroxyl groups excluding tert-OH is 1. The van der Waals surface area contributed by atoms with Crippen molar-refractivity contribution < 1.29 is 14.6 Å². The Balaban J connectivity index is 3.49. The van der Waals surface area contributed by atoms with Gasteiger partial charge in [0.2, 0.25) is 6.54 Å². The Morgan fingerprint density at radius 1 is 1.90 bits per heavy atom. The smallest absolute Gasteiger partial charge is 0.308 e. The number of esters is 1. The van der Waals surface area contributed by atoms with E-state index in [9.17, 15) is 4.79 Å². The van der Waals surface area contributed by atoms with Crippen molar-refractivity contribution in [2.45, 2.75) is 12.5 Å². The highest BCUT2D eigenvalue weighted by Gasteiger charge is 2.12. The molecule has 0 aromatic heterocycles. The second-order valence-corrected chi connectivity index (χ2v) is 1.77. The molecule has 1 unspecified atom stereocenters. The molecule has 0 amide bonds. The number of hydrogen-bond acceptors (Lipinski definition) is 3. The highest BCUT2D eigenvalue weighted by Crippen LogP contribution is 1.93. The summed E-state index contributed by atoms with van der Waals surface area (Å²) in [6, 6.07) is 0. The van der Waals surface area contributed by atoms with E-state index >= 15 is 0 Å². The Bertz CT molecular complexity index is 150. The summed E-state index contributed by atoms with van der Waals surface area (Å²) in [5, 5.41) is 8.84. The topological polar surface area (TPSA) is 50.9 Å². The molecule has 0 spiro atoms. The van der Waals surface area contributed by atoms with E-state index < -0.39 is 12.1 Å². The highest BCUT2D eigenvalue weighted by molar-refractivity contribution is 5.69. The van der Waals surface area contributed by atoms with E-state index in [1.165, 1.54) is 7.11 Å². The molecule has 10 heavy (non-hydrogen) atoms. The molecule has 4 heteroatoms.